The molecule has 0 radical (unpaired) electrons. The second-order valence-corrected chi connectivity index (χ2v) is 6.59. The van der Waals surface area contributed by atoms with Gasteiger partial charge < -0.3 is 15.3 Å². The van der Waals surface area contributed by atoms with E-state index in [1.165, 1.54) is 12.1 Å². The minimum Gasteiger partial charge on any atom is -0.506 e. The molecule has 0 aromatic heterocycles. The number of likely N-dealkylation sites (tertiary alicyclic amines) is 1. The maximum Gasteiger partial charge on any atom is 0.251 e. The quantitative estimate of drug-likeness (QED) is 0.879. The van der Waals surface area contributed by atoms with Gasteiger partial charge in [-0.1, -0.05) is 25.4 Å². The van der Waals surface area contributed by atoms with Crippen LogP contribution in [0.25, 0.3) is 0 Å². The van der Waals surface area contributed by atoms with Gasteiger partial charge >= 0.3 is 0 Å². The molecule has 2 rings (SSSR count). The van der Waals surface area contributed by atoms with E-state index in [2.05, 4.69) is 24.1 Å². The van der Waals surface area contributed by atoms with Gasteiger partial charge in [-0.15, -0.1) is 0 Å². The third kappa shape index (κ3) is 4.61. The average Bonchev–Trinajstić information content (AvgIpc) is 2.86. The third-order valence-corrected chi connectivity index (χ3v) is 4.06. The predicted molar refractivity (Wildman–Crippen MR) is 84.8 cm³/mol. The minimum atomic E-state index is -0.140. The second kappa shape index (κ2) is 7.14. The SMILES string of the molecule is CC(C)CN1CC[C@H](CNC(=O)c2ccc(O)c(Cl)c2)C1. The summed E-state index contributed by atoms with van der Waals surface area (Å²) in [7, 11) is 0. The molecule has 0 unspecified atom stereocenters. The van der Waals surface area contributed by atoms with Crippen molar-refractivity contribution in [3.05, 3.63) is 28.8 Å². The Morgan fingerprint density at radius 3 is 2.95 bits per heavy atom. The Morgan fingerprint density at radius 2 is 2.29 bits per heavy atom. The van der Waals surface area contributed by atoms with Crippen molar-refractivity contribution in [2.45, 2.75) is 20.3 Å². The Balaban J connectivity index is 1.80. The number of carbonyl (C=O) groups excluding carboxylic acids is 1. The number of hydrogen-bond donors (Lipinski definition) is 2. The van der Waals surface area contributed by atoms with Crippen LogP contribution in [-0.4, -0.2) is 42.1 Å². The van der Waals surface area contributed by atoms with Gasteiger partial charge in [-0.3, -0.25) is 4.79 Å². The molecule has 116 valence electrons. The summed E-state index contributed by atoms with van der Waals surface area (Å²) in [6.07, 6.45) is 1.13. The van der Waals surface area contributed by atoms with E-state index in [1.807, 2.05) is 0 Å². The van der Waals surface area contributed by atoms with Gasteiger partial charge in [-0.05, 0) is 43.0 Å². The number of benzene rings is 1. The lowest BCUT2D eigenvalue weighted by atomic mass is 10.1. The van der Waals surface area contributed by atoms with Crippen molar-refractivity contribution in [2.75, 3.05) is 26.2 Å². The van der Waals surface area contributed by atoms with E-state index in [0.29, 0.717) is 23.9 Å². The zero-order valence-electron chi connectivity index (χ0n) is 12.6. The van der Waals surface area contributed by atoms with Crippen LogP contribution in [0.15, 0.2) is 18.2 Å². The van der Waals surface area contributed by atoms with Crippen molar-refractivity contribution in [3.8, 4) is 5.75 Å². The van der Waals surface area contributed by atoms with Crippen LogP contribution in [0, 0.1) is 11.8 Å². The van der Waals surface area contributed by atoms with Gasteiger partial charge in [0, 0.05) is 25.2 Å². The molecule has 0 spiro atoms. The molecule has 2 N–H and O–H groups in total. The molecule has 1 atom stereocenters. The molecule has 1 aromatic rings. The number of carbonyl (C=O) groups is 1. The maximum atomic E-state index is 12.1. The van der Waals surface area contributed by atoms with Gasteiger partial charge in [-0.2, -0.15) is 0 Å². The molecule has 0 saturated carbocycles. The number of aromatic hydroxyl groups is 1. The molecule has 4 nitrogen and oxygen atoms in total. The minimum absolute atomic E-state index is 0.00617. The van der Waals surface area contributed by atoms with E-state index < -0.39 is 0 Å². The first-order valence-corrected chi connectivity index (χ1v) is 7.82. The zero-order chi connectivity index (χ0) is 15.4. The van der Waals surface area contributed by atoms with E-state index in [4.69, 9.17) is 11.6 Å². The van der Waals surface area contributed by atoms with Crippen LogP contribution in [0.2, 0.25) is 5.02 Å². The summed E-state index contributed by atoms with van der Waals surface area (Å²) in [4.78, 5) is 14.5. The van der Waals surface area contributed by atoms with Crippen LogP contribution in [0.3, 0.4) is 0 Å². The topological polar surface area (TPSA) is 52.6 Å². The van der Waals surface area contributed by atoms with Crippen LogP contribution >= 0.6 is 11.6 Å². The molecule has 0 aliphatic carbocycles. The summed E-state index contributed by atoms with van der Waals surface area (Å²) in [6.45, 7) is 8.43. The maximum absolute atomic E-state index is 12.1. The Hall–Kier alpha value is -1.26. The lowest BCUT2D eigenvalue weighted by Gasteiger charge is -2.18. The highest BCUT2D eigenvalue weighted by Gasteiger charge is 2.23. The number of hydrogen-bond acceptors (Lipinski definition) is 3. The van der Waals surface area contributed by atoms with Crippen molar-refractivity contribution in [1.82, 2.24) is 10.2 Å². The molecule has 1 aliphatic heterocycles. The number of phenolic OH excluding ortho intramolecular Hbond substituents is 1. The van der Waals surface area contributed by atoms with Crippen molar-refractivity contribution in [3.63, 3.8) is 0 Å². The van der Waals surface area contributed by atoms with Crippen LogP contribution < -0.4 is 5.32 Å². The molecule has 21 heavy (non-hydrogen) atoms. The molecular formula is C16H23ClN2O2. The van der Waals surface area contributed by atoms with Crippen molar-refractivity contribution in [2.24, 2.45) is 11.8 Å². The largest absolute Gasteiger partial charge is 0.506 e. The van der Waals surface area contributed by atoms with Crippen molar-refractivity contribution in [1.29, 1.82) is 0 Å². The zero-order valence-corrected chi connectivity index (χ0v) is 13.4. The molecular weight excluding hydrogens is 288 g/mol. The monoisotopic (exact) mass is 310 g/mol. The van der Waals surface area contributed by atoms with Gasteiger partial charge in [-0.25, -0.2) is 0 Å². The summed E-state index contributed by atoms with van der Waals surface area (Å²) in [5, 5.41) is 12.5. The Labute approximate surface area is 131 Å². The van der Waals surface area contributed by atoms with Crippen LogP contribution in [0.4, 0.5) is 0 Å². The van der Waals surface area contributed by atoms with Gasteiger partial charge in [0.15, 0.2) is 0 Å². The highest BCUT2D eigenvalue weighted by Crippen LogP contribution is 2.23. The highest BCUT2D eigenvalue weighted by molar-refractivity contribution is 6.32. The number of amides is 1. The first-order chi connectivity index (χ1) is 9.95. The number of rotatable bonds is 5. The molecule has 1 fully saturated rings. The summed E-state index contributed by atoms with van der Waals surface area (Å²) >= 11 is 5.82. The molecule has 0 bridgehead atoms. The van der Waals surface area contributed by atoms with Crippen molar-refractivity contribution < 1.29 is 9.90 Å². The van der Waals surface area contributed by atoms with E-state index in [0.717, 1.165) is 26.1 Å². The first kappa shape index (κ1) is 16.1. The van der Waals surface area contributed by atoms with Gasteiger partial charge in [0.05, 0.1) is 5.02 Å². The second-order valence-electron chi connectivity index (χ2n) is 6.18. The van der Waals surface area contributed by atoms with E-state index in [1.54, 1.807) is 6.07 Å². The highest BCUT2D eigenvalue weighted by atomic mass is 35.5. The lowest BCUT2D eigenvalue weighted by Crippen LogP contribution is -2.31. The first-order valence-electron chi connectivity index (χ1n) is 7.44. The molecule has 1 amide bonds. The number of nitrogens with zero attached hydrogens (tertiary/aromatic N) is 1. The van der Waals surface area contributed by atoms with Crippen LogP contribution in [0.1, 0.15) is 30.6 Å². The van der Waals surface area contributed by atoms with E-state index >= 15 is 0 Å². The Kier molecular flexibility index (Phi) is 5.48. The smallest absolute Gasteiger partial charge is 0.251 e. The Morgan fingerprint density at radius 1 is 1.52 bits per heavy atom. The summed E-state index contributed by atoms with van der Waals surface area (Å²) in [5.74, 6) is 1.05. The molecule has 1 heterocycles. The summed E-state index contributed by atoms with van der Waals surface area (Å²) in [5.41, 5.74) is 0.481. The fourth-order valence-corrected chi connectivity index (χ4v) is 2.93. The van der Waals surface area contributed by atoms with Gasteiger partial charge in [0.1, 0.15) is 5.75 Å². The van der Waals surface area contributed by atoms with E-state index in [9.17, 15) is 9.90 Å². The van der Waals surface area contributed by atoms with E-state index in [-0.39, 0.29) is 16.7 Å². The molecule has 1 saturated heterocycles. The molecule has 5 heteroatoms. The Bertz CT molecular complexity index is 505. The normalized spacial score (nSPS) is 19.1. The predicted octanol–water partition coefficient (Wildman–Crippen LogP) is 2.75. The number of nitrogens with one attached hydrogen (secondary N) is 1. The third-order valence-electron chi connectivity index (χ3n) is 3.75. The fourth-order valence-electron chi connectivity index (χ4n) is 2.75. The lowest BCUT2D eigenvalue weighted by molar-refractivity contribution is 0.0947. The van der Waals surface area contributed by atoms with Crippen LogP contribution in [0.5, 0.6) is 5.75 Å². The fraction of sp³-hybridized carbons (Fsp3) is 0.562. The molecule has 1 aliphatic rings. The van der Waals surface area contributed by atoms with Gasteiger partial charge in [0.2, 0.25) is 0 Å². The van der Waals surface area contributed by atoms with Gasteiger partial charge in [0.25, 0.3) is 5.91 Å². The van der Waals surface area contributed by atoms with Crippen LogP contribution in [-0.2, 0) is 0 Å². The summed E-state index contributed by atoms with van der Waals surface area (Å²) < 4.78 is 0. The average molecular weight is 311 g/mol. The summed E-state index contributed by atoms with van der Waals surface area (Å²) in [6, 6.07) is 4.51. The standard InChI is InChI=1S/C16H23ClN2O2/c1-11(2)9-19-6-5-12(10-19)8-18-16(21)13-3-4-15(20)14(17)7-13/h3-4,7,11-12,20H,5-6,8-10H2,1-2H3,(H,18,21)/t12-/m1/s1. The number of halogens is 1. The van der Waals surface area contributed by atoms with Crippen molar-refractivity contribution >= 4 is 17.5 Å². The molecule has 1 aromatic carbocycles. The number of phenols is 1.